The number of aliphatic hydroxyl groups excluding tert-OH is 1. The first-order valence-corrected chi connectivity index (χ1v) is 7.80. The van der Waals surface area contributed by atoms with Crippen LogP contribution in [-0.2, 0) is 11.2 Å². The van der Waals surface area contributed by atoms with Crippen molar-refractivity contribution in [2.75, 3.05) is 25.0 Å². The van der Waals surface area contributed by atoms with Crippen molar-refractivity contribution in [2.24, 2.45) is 0 Å². The summed E-state index contributed by atoms with van der Waals surface area (Å²) in [5, 5.41) is 9.31. The van der Waals surface area contributed by atoms with E-state index in [-0.39, 0.29) is 11.8 Å². The van der Waals surface area contributed by atoms with Gasteiger partial charge in [-0.3, -0.25) is 9.59 Å². The van der Waals surface area contributed by atoms with Crippen LogP contribution in [-0.4, -0.2) is 48.1 Å². The molecule has 0 saturated carbocycles. The number of carbonyl (C=O) groups excluding carboxylic acids is 2. The number of benzene rings is 1. The maximum absolute atomic E-state index is 12.4. The Balaban J connectivity index is 2.12. The van der Waals surface area contributed by atoms with Gasteiger partial charge in [0.25, 0.3) is 5.91 Å². The fraction of sp³-hybridized carbons (Fsp3) is 0.529. The molecule has 0 radical (unpaired) electrons. The van der Waals surface area contributed by atoms with Crippen LogP contribution >= 0.6 is 0 Å². The molecule has 5 heteroatoms. The van der Waals surface area contributed by atoms with Gasteiger partial charge < -0.3 is 14.9 Å². The topological polar surface area (TPSA) is 60.9 Å². The molecule has 0 spiro atoms. The number of hydrogen-bond acceptors (Lipinski definition) is 3. The maximum Gasteiger partial charge on any atom is 0.253 e. The van der Waals surface area contributed by atoms with Gasteiger partial charge in [-0.25, -0.2) is 0 Å². The van der Waals surface area contributed by atoms with Crippen LogP contribution in [0.3, 0.4) is 0 Å². The van der Waals surface area contributed by atoms with Gasteiger partial charge in [-0.05, 0) is 43.5 Å². The lowest BCUT2D eigenvalue weighted by atomic mass is 10.1. The van der Waals surface area contributed by atoms with Gasteiger partial charge in [0, 0.05) is 37.8 Å². The fourth-order valence-corrected chi connectivity index (χ4v) is 2.69. The van der Waals surface area contributed by atoms with Crippen LogP contribution in [0.5, 0.6) is 0 Å². The molecule has 1 atom stereocenters. The van der Waals surface area contributed by atoms with Crippen LogP contribution in [0, 0.1) is 0 Å². The smallest absolute Gasteiger partial charge is 0.253 e. The minimum absolute atomic E-state index is 0.0521. The number of aliphatic hydroxyl groups is 1. The largest absolute Gasteiger partial charge is 0.393 e. The standard InChI is InChI=1S/C17H24N2O3/c1-4-16(21)19-10-8-13-11-14(5-6-15(13)19)17(22)18(3)9-7-12(2)20/h5-6,11-12,20H,4,7-10H2,1-3H3. The van der Waals surface area contributed by atoms with E-state index in [4.69, 9.17) is 0 Å². The minimum atomic E-state index is -0.413. The Hall–Kier alpha value is -1.88. The molecule has 1 aromatic carbocycles. The van der Waals surface area contributed by atoms with Crippen LogP contribution in [0.4, 0.5) is 5.69 Å². The Labute approximate surface area is 131 Å². The molecule has 0 saturated heterocycles. The Morgan fingerprint density at radius 3 is 2.77 bits per heavy atom. The van der Waals surface area contributed by atoms with Crippen molar-refractivity contribution in [3.05, 3.63) is 29.3 Å². The Kier molecular flexibility index (Phi) is 5.19. The molecule has 1 heterocycles. The van der Waals surface area contributed by atoms with E-state index in [2.05, 4.69) is 0 Å². The summed E-state index contributed by atoms with van der Waals surface area (Å²) in [4.78, 5) is 27.7. The molecular formula is C17H24N2O3. The third-order valence-electron chi connectivity index (χ3n) is 4.05. The number of hydrogen-bond donors (Lipinski definition) is 1. The number of anilines is 1. The van der Waals surface area contributed by atoms with Gasteiger partial charge in [0.05, 0.1) is 6.10 Å². The van der Waals surface area contributed by atoms with Crippen LogP contribution < -0.4 is 4.90 Å². The van der Waals surface area contributed by atoms with Crippen molar-refractivity contribution in [1.29, 1.82) is 0 Å². The first-order valence-electron chi connectivity index (χ1n) is 7.80. The van der Waals surface area contributed by atoms with E-state index in [0.29, 0.717) is 31.5 Å². The predicted molar refractivity (Wildman–Crippen MR) is 86.0 cm³/mol. The molecule has 5 nitrogen and oxygen atoms in total. The minimum Gasteiger partial charge on any atom is -0.393 e. The van der Waals surface area contributed by atoms with Crippen LogP contribution in [0.2, 0.25) is 0 Å². The second-order valence-electron chi connectivity index (χ2n) is 5.86. The molecule has 0 aliphatic carbocycles. The molecule has 1 aliphatic heterocycles. The Bertz CT molecular complexity index is 569. The van der Waals surface area contributed by atoms with Crippen molar-refractivity contribution in [1.82, 2.24) is 4.90 Å². The van der Waals surface area contributed by atoms with Crippen LogP contribution in [0.1, 0.15) is 42.6 Å². The van der Waals surface area contributed by atoms with E-state index in [9.17, 15) is 14.7 Å². The lowest BCUT2D eigenvalue weighted by Crippen LogP contribution is -2.29. The molecule has 22 heavy (non-hydrogen) atoms. The summed E-state index contributed by atoms with van der Waals surface area (Å²) < 4.78 is 0. The van der Waals surface area contributed by atoms with E-state index >= 15 is 0 Å². The molecule has 0 bridgehead atoms. The van der Waals surface area contributed by atoms with Crippen LogP contribution in [0.15, 0.2) is 18.2 Å². The Morgan fingerprint density at radius 1 is 1.41 bits per heavy atom. The second-order valence-corrected chi connectivity index (χ2v) is 5.86. The summed E-state index contributed by atoms with van der Waals surface area (Å²) in [7, 11) is 1.74. The van der Waals surface area contributed by atoms with E-state index in [0.717, 1.165) is 17.7 Å². The quantitative estimate of drug-likeness (QED) is 0.903. The van der Waals surface area contributed by atoms with Crippen molar-refractivity contribution in [3.63, 3.8) is 0 Å². The predicted octanol–water partition coefficient (Wildman–Crippen LogP) is 1.83. The van der Waals surface area contributed by atoms with Gasteiger partial charge >= 0.3 is 0 Å². The van der Waals surface area contributed by atoms with E-state index < -0.39 is 6.10 Å². The number of nitrogens with zero attached hydrogens (tertiary/aromatic N) is 2. The molecule has 1 aliphatic rings. The summed E-state index contributed by atoms with van der Waals surface area (Å²) in [6.07, 6.45) is 1.43. The number of amides is 2. The molecule has 1 N–H and O–H groups in total. The lowest BCUT2D eigenvalue weighted by Gasteiger charge is -2.19. The van der Waals surface area contributed by atoms with Crippen molar-refractivity contribution in [2.45, 2.75) is 39.2 Å². The highest BCUT2D eigenvalue weighted by Gasteiger charge is 2.24. The molecule has 2 amide bonds. The molecule has 0 aromatic heterocycles. The molecule has 2 rings (SSSR count). The Morgan fingerprint density at radius 2 is 2.14 bits per heavy atom. The van der Waals surface area contributed by atoms with Gasteiger partial charge in [0.2, 0.25) is 5.91 Å². The summed E-state index contributed by atoms with van der Waals surface area (Å²) in [6, 6.07) is 5.53. The maximum atomic E-state index is 12.4. The van der Waals surface area contributed by atoms with Gasteiger partial charge in [0.1, 0.15) is 0 Å². The van der Waals surface area contributed by atoms with E-state index in [1.807, 2.05) is 19.1 Å². The summed E-state index contributed by atoms with van der Waals surface area (Å²) in [5.74, 6) is 0.0654. The second kappa shape index (κ2) is 6.92. The van der Waals surface area contributed by atoms with Crippen molar-refractivity contribution in [3.8, 4) is 0 Å². The lowest BCUT2D eigenvalue weighted by molar-refractivity contribution is -0.118. The number of rotatable bonds is 5. The van der Waals surface area contributed by atoms with Crippen LogP contribution in [0.25, 0.3) is 0 Å². The number of fused-ring (bicyclic) bond motifs is 1. The summed E-state index contributed by atoms with van der Waals surface area (Å²) >= 11 is 0. The molecule has 1 unspecified atom stereocenters. The first kappa shape index (κ1) is 16.5. The highest BCUT2D eigenvalue weighted by Crippen LogP contribution is 2.29. The monoisotopic (exact) mass is 304 g/mol. The summed E-state index contributed by atoms with van der Waals surface area (Å²) in [5.41, 5.74) is 2.62. The highest BCUT2D eigenvalue weighted by atomic mass is 16.3. The molecule has 1 aromatic rings. The van der Waals surface area contributed by atoms with Crippen molar-refractivity contribution >= 4 is 17.5 Å². The normalized spacial score (nSPS) is 14.6. The van der Waals surface area contributed by atoms with Gasteiger partial charge in [-0.15, -0.1) is 0 Å². The fourth-order valence-electron chi connectivity index (χ4n) is 2.69. The average molecular weight is 304 g/mol. The van der Waals surface area contributed by atoms with Gasteiger partial charge in [-0.1, -0.05) is 6.92 Å². The molecular weight excluding hydrogens is 280 g/mol. The SMILES string of the molecule is CCC(=O)N1CCc2cc(C(=O)N(C)CCC(C)O)ccc21. The zero-order valence-electron chi connectivity index (χ0n) is 13.5. The highest BCUT2D eigenvalue weighted by molar-refractivity contribution is 5.98. The summed E-state index contributed by atoms with van der Waals surface area (Å²) in [6.45, 7) is 4.79. The third-order valence-corrected chi connectivity index (χ3v) is 4.05. The van der Waals surface area contributed by atoms with E-state index in [1.165, 1.54) is 0 Å². The van der Waals surface area contributed by atoms with Gasteiger partial charge in [-0.2, -0.15) is 0 Å². The zero-order valence-corrected chi connectivity index (χ0v) is 13.5. The number of carbonyl (C=O) groups is 2. The average Bonchev–Trinajstić information content (AvgIpc) is 2.93. The first-order chi connectivity index (χ1) is 10.4. The zero-order chi connectivity index (χ0) is 16.3. The third kappa shape index (κ3) is 3.47. The van der Waals surface area contributed by atoms with Crippen molar-refractivity contribution < 1.29 is 14.7 Å². The van der Waals surface area contributed by atoms with E-state index in [1.54, 1.807) is 29.8 Å². The molecule has 0 fully saturated rings. The van der Waals surface area contributed by atoms with Gasteiger partial charge in [0.15, 0.2) is 0 Å². The molecule has 120 valence electrons.